The highest BCUT2D eigenvalue weighted by Gasteiger charge is 2.26. The second-order valence-corrected chi connectivity index (χ2v) is 6.36. The van der Waals surface area contributed by atoms with E-state index in [1.54, 1.807) is 12.1 Å². The van der Waals surface area contributed by atoms with Gasteiger partial charge in [-0.3, -0.25) is 4.90 Å². The minimum absolute atomic E-state index is 0.234. The van der Waals surface area contributed by atoms with Gasteiger partial charge < -0.3 is 10.8 Å². The van der Waals surface area contributed by atoms with Gasteiger partial charge in [-0.2, -0.15) is 0 Å². The molecule has 3 N–H and O–H groups in total. The number of hydrogen-bond acceptors (Lipinski definition) is 3. The Labute approximate surface area is 136 Å². The summed E-state index contributed by atoms with van der Waals surface area (Å²) in [5.74, 6) is -0.0320. The lowest BCUT2D eigenvalue weighted by Crippen LogP contribution is -2.35. The average Bonchev–Trinajstić information content (AvgIpc) is 2.56. The van der Waals surface area contributed by atoms with Gasteiger partial charge in [0.05, 0.1) is 6.10 Å². The van der Waals surface area contributed by atoms with Crippen molar-refractivity contribution < 1.29 is 9.50 Å². The molecule has 1 heterocycles. The molecule has 0 saturated carbocycles. The number of anilines is 1. The predicted octanol–water partition coefficient (Wildman–Crippen LogP) is 3.35. The number of aliphatic hydroxyl groups excluding tert-OH is 1. The second-order valence-electron chi connectivity index (χ2n) is 6.36. The largest absolute Gasteiger partial charge is 0.399 e. The van der Waals surface area contributed by atoms with Gasteiger partial charge in [0.15, 0.2) is 0 Å². The van der Waals surface area contributed by atoms with Crippen LogP contribution < -0.4 is 5.73 Å². The van der Waals surface area contributed by atoms with Gasteiger partial charge in [-0.25, -0.2) is 4.39 Å². The van der Waals surface area contributed by atoms with E-state index in [4.69, 9.17) is 5.73 Å². The van der Waals surface area contributed by atoms with Crippen LogP contribution in [0.3, 0.4) is 0 Å². The topological polar surface area (TPSA) is 49.5 Å². The molecule has 3 rings (SSSR count). The number of halogens is 1. The molecule has 2 aromatic rings. The summed E-state index contributed by atoms with van der Waals surface area (Å²) in [5.41, 5.74) is 8.65. The Morgan fingerprint density at radius 3 is 2.48 bits per heavy atom. The van der Waals surface area contributed by atoms with Gasteiger partial charge in [0, 0.05) is 12.2 Å². The molecule has 0 spiro atoms. The number of aliphatic hydroxyl groups is 1. The first-order chi connectivity index (χ1) is 11.1. The Bertz CT molecular complexity index is 636. The molecule has 0 amide bonds. The molecule has 1 atom stereocenters. The quantitative estimate of drug-likeness (QED) is 0.851. The number of nitrogens with two attached hydrogens (primary N) is 1. The van der Waals surface area contributed by atoms with E-state index in [0.29, 0.717) is 0 Å². The molecule has 122 valence electrons. The third kappa shape index (κ3) is 4.09. The van der Waals surface area contributed by atoms with Gasteiger partial charge in [-0.1, -0.05) is 24.3 Å². The van der Waals surface area contributed by atoms with E-state index in [1.165, 1.54) is 17.7 Å². The Morgan fingerprint density at radius 1 is 1.13 bits per heavy atom. The maximum atomic E-state index is 13.0. The van der Waals surface area contributed by atoms with Gasteiger partial charge in [0.1, 0.15) is 5.82 Å². The summed E-state index contributed by atoms with van der Waals surface area (Å²) >= 11 is 0. The molecule has 0 radical (unpaired) electrons. The monoisotopic (exact) mass is 314 g/mol. The van der Waals surface area contributed by atoms with E-state index < -0.39 is 6.10 Å². The van der Waals surface area contributed by atoms with Crippen LogP contribution in [0.2, 0.25) is 0 Å². The van der Waals surface area contributed by atoms with Crippen molar-refractivity contribution in [2.45, 2.75) is 25.5 Å². The van der Waals surface area contributed by atoms with Gasteiger partial charge in [0.2, 0.25) is 0 Å². The maximum Gasteiger partial charge on any atom is 0.123 e. The smallest absolute Gasteiger partial charge is 0.123 e. The van der Waals surface area contributed by atoms with Crippen molar-refractivity contribution in [3.8, 4) is 0 Å². The van der Waals surface area contributed by atoms with Crippen LogP contribution in [0, 0.1) is 11.7 Å². The SMILES string of the molecule is Nc1cccc(CN2CCC(C(O)c3ccc(F)cc3)CC2)c1. The second kappa shape index (κ2) is 7.11. The minimum atomic E-state index is -0.509. The molecular weight excluding hydrogens is 291 g/mol. The Kier molecular flexibility index (Phi) is 4.94. The van der Waals surface area contributed by atoms with Gasteiger partial charge in [-0.05, 0) is 67.2 Å². The predicted molar refractivity (Wildman–Crippen MR) is 90.2 cm³/mol. The molecule has 23 heavy (non-hydrogen) atoms. The fraction of sp³-hybridized carbons (Fsp3) is 0.368. The zero-order valence-electron chi connectivity index (χ0n) is 13.2. The Morgan fingerprint density at radius 2 is 1.83 bits per heavy atom. The summed E-state index contributed by atoms with van der Waals surface area (Å²) in [4.78, 5) is 2.39. The molecule has 1 unspecified atom stereocenters. The van der Waals surface area contributed by atoms with Crippen LogP contribution in [0.4, 0.5) is 10.1 Å². The molecule has 4 heteroatoms. The first kappa shape index (κ1) is 16.0. The molecule has 0 bridgehead atoms. The lowest BCUT2D eigenvalue weighted by molar-refractivity contribution is 0.0567. The molecule has 1 saturated heterocycles. The molecule has 1 aliphatic rings. The van der Waals surface area contributed by atoms with Crippen LogP contribution in [0.25, 0.3) is 0 Å². The number of benzene rings is 2. The standard InChI is InChI=1S/C19H23FN2O/c20-17-6-4-15(5-7-17)19(23)16-8-10-22(11-9-16)13-14-2-1-3-18(21)12-14/h1-7,12,16,19,23H,8-11,13,21H2. The zero-order valence-corrected chi connectivity index (χ0v) is 13.2. The third-order valence-corrected chi connectivity index (χ3v) is 4.65. The number of piperidine rings is 1. The average molecular weight is 314 g/mol. The lowest BCUT2D eigenvalue weighted by Gasteiger charge is -2.34. The molecular formula is C19H23FN2O. The van der Waals surface area contributed by atoms with Crippen molar-refractivity contribution in [2.75, 3.05) is 18.8 Å². The summed E-state index contributed by atoms with van der Waals surface area (Å²) in [5, 5.41) is 10.5. The van der Waals surface area contributed by atoms with Crippen LogP contribution >= 0.6 is 0 Å². The number of hydrogen-bond donors (Lipinski definition) is 2. The van der Waals surface area contributed by atoms with Crippen molar-refractivity contribution in [1.29, 1.82) is 0 Å². The molecule has 1 fully saturated rings. The maximum absolute atomic E-state index is 13.0. The number of nitrogen functional groups attached to an aromatic ring is 1. The van der Waals surface area contributed by atoms with Crippen molar-refractivity contribution in [1.82, 2.24) is 4.90 Å². The Hall–Kier alpha value is -1.91. The van der Waals surface area contributed by atoms with Crippen LogP contribution in [-0.4, -0.2) is 23.1 Å². The fourth-order valence-electron chi connectivity index (χ4n) is 3.31. The summed E-state index contributed by atoms with van der Waals surface area (Å²) in [7, 11) is 0. The third-order valence-electron chi connectivity index (χ3n) is 4.65. The van der Waals surface area contributed by atoms with Crippen molar-refractivity contribution >= 4 is 5.69 Å². The lowest BCUT2D eigenvalue weighted by atomic mass is 9.87. The van der Waals surface area contributed by atoms with E-state index >= 15 is 0 Å². The van der Waals surface area contributed by atoms with E-state index in [-0.39, 0.29) is 11.7 Å². The summed E-state index contributed by atoms with van der Waals surface area (Å²) in [6.45, 7) is 2.81. The van der Waals surface area contributed by atoms with E-state index in [0.717, 1.165) is 43.7 Å². The van der Waals surface area contributed by atoms with Crippen LogP contribution in [0.15, 0.2) is 48.5 Å². The molecule has 0 aliphatic carbocycles. The fourth-order valence-corrected chi connectivity index (χ4v) is 3.31. The van der Waals surface area contributed by atoms with Crippen molar-refractivity contribution in [3.63, 3.8) is 0 Å². The summed E-state index contributed by atoms with van der Waals surface area (Å²) in [6.07, 6.45) is 1.38. The highest BCUT2D eigenvalue weighted by atomic mass is 19.1. The van der Waals surface area contributed by atoms with Gasteiger partial charge in [-0.15, -0.1) is 0 Å². The van der Waals surface area contributed by atoms with Gasteiger partial charge >= 0.3 is 0 Å². The minimum Gasteiger partial charge on any atom is -0.399 e. The summed E-state index contributed by atoms with van der Waals surface area (Å²) < 4.78 is 13.0. The van der Waals surface area contributed by atoms with E-state index in [1.807, 2.05) is 18.2 Å². The highest BCUT2D eigenvalue weighted by molar-refractivity contribution is 5.40. The normalized spacial score (nSPS) is 18.0. The molecule has 0 aromatic heterocycles. The van der Waals surface area contributed by atoms with Crippen molar-refractivity contribution in [2.24, 2.45) is 5.92 Å². The molecule has 1 aliphatic heterocycles. The van der Waals surface area contributed by atoms with Crippen LogP contribution in [0.5, 0.6) is 0 Å². The highest BCUT2D eigenvalue weighted by Crippen LogP contribution is 2.31. The summed E-state index contributed by atoms with van der Waals surface area (Å²) in [6, 6.07) is 14.2. The Balaban J connectivity index is 1.54. The van der Waals surface area contributed by atoms with Crippen LogP contribution in [-0.2, 0) is 6.54 Å². The number of likely N-dealkylation sites (tertiary alicyclic amines) is 1. The number of nitrogens with zero attached hydrogens (tertiary/aromatic N) is 1. The molecule has 3 nitrogen and oxygen atoms in total. The van der Waals surface area contributed by atoms with Crippen LogP contribution in [0.1, 0.15) is 30.1 Å². The molecule has 2 aromatic carbocycles. The first-order valence-corrected chi connectivity index (χ1v) is 8.12. The van der Waals surface area contributed by atoms with Gasteiger partial charge in [0.25, 0.3) is 0 Å². The first-order valence-electron chi connectivity index (χ1n) is 8.12. The zero-order chi connectivity index (χ0) is 16.2. The van der Waals surface area contributed by atoms with E-state index in [2.05, 4.69) is 11.0 Å². The van der Waals surface area contributed by atoms with E-state index in [9.17, 15) is 9.50 Å². The van der Waals surface area contributed by atoms with Crippen molar-refractivity contribution in [3.05, 3.63) is 65.5 Å². The number of rotatable bonds is 4.